The van der Waals surface area contributed by atoms with E-state index in [1.54, 1.807) is 0 Å². The lowest BCUT2D eigenvalue weighted by Crippen LogP contribution is -2.23. The lowest BCUT2D eigenvalue weighted by atomic mass is 10.1. The molecule has 0 heterocycles. The molecule has 3 heteroatoms. The van der Waals surface area contributed by atoms with E-state index in [9.17, 15) is 0 Å². The molecule has 1 atom stereocenters. The van der Waals surface area contributed by atoms with Crippen LogP contribution in [0, 0.1) is 0 Å². The fraction of sp³-hybridized carbons (Fsp3) is 0.647. The lowest BCUT2D eigenvalue weighted by molar-refractivity contribution is 0.333. The van der Waals surface area contributed by atoms with Crippen molar-refractivity contribution in [2.75, 3.05) is 24.7 Å². The Hall–Kier alpha value is -0.670. The van der Waals surface area contributed by atoms with Crippen molar-refractivity contribution in [1.82, 2.24) is 5.32 Å². The van der Waals surface area contributed by atoms with Crippen molar-refractivity contribution >= 4 is 11.8 Å². The average Bonchev–Trinajstić information content (AvgIpc) is 2.47. The van der Waals surface area contributed by atoms with Crippen molar-refractivity contribution in [3.63, 3.8) is 0 Å². The molecule has 0 radical (unpaired) electrons. The molecule has 20 heavy (non-hydrogen) atoms. The Morgan fingerprint density at radius 1 is 1.15 bits per heavy atom. The number of ether oxygens (including phenoxy) is 1. The second-order valence-electron chi connectivity index (χ2n) is 4.86. The van der Waals surface area contributed by atoms with Crippen molar-refractivity contribution in [2.24, 2.45) is 0 Å². The molecule has 1 N–H and O–H groups in total. The fourth-order valence-electron chi connectivity index (χ4n) is 2.22. The standard InChI is InChI=1S/C17H29NOS/c1-4-7-10-13-20-14-16(18-5-2)15-11-8-9-12-17(15)19-6-3/h8-9,11-12,16,18H,4-7,10,13-14H2,1-3H3. The van der Waals surface area contributed by atoms with Crippen LogP contribution >= 0.6 is 11.8 Å². The summed E-state index contributed by atoms with van der Waals surface area (Å²) in [6.07, 6.45) is 3.96. The number of rotatable bonds is 11. The Labute approximate surface area is 128 Å². The summed E-state index contributed by atoms with van der Waals surface area (Å²) in [7, 11) is 0. The van der Waals surface area contributed by atoms with E-state index < -0.39 is 0 Å². The van der Waals surface area contributed by atoms with Gasteiger partial charge in [0, 0.05) is 17.4 Å². The van der Waals surface area contributed by atoms with Gasteiger partial charge in [-0.1, -0.05) is 44.9 Å². The number of unbranched alkanes of at least 4 members (excludes halogenated alkanes) is 2. The maximum absolute atomic E-state index is 5.76. The summed E-state index contributed by atoms with van der Waals surface area (Å²) in [6, 6.07) is 8.79. The highest BCUT2D eigenvalue weighted by Crippen LogP contribution is 2.28. The average molecular weight is 295 g/mol. The summed E-state index contributed by atoms with van der Waals surface area (Å²) in [5.74, 6) is 3.39. The van der Waals surface area contributed by atoms with Crippen molar-refractivity contribution < 1.29 is 4.74 Å². The van der Waals surface area contributed by atoms with Crippen LogP contribution in [-0.2, 0) is 0 Å². The highest BCUT2D eigenvalue weighted by molar-refractivity contribution is 7.99. The van der Waals surface area contributed by atoms with Gasteiger partial charge in [0.1, 0.15) is 5.75 Å². The molecule has 1 aromatic carbocycles. The molecule has 0 amide bonds. The van der Waals surface area contributed by atoms with Gasteiger partial charge >= 0.3 is 0 Å². The van der Waals surface area contributed by atoms with Crippen molar-refractivity contribution in [1.29, 1.82) is 0 Å². The molecule has 0 aliphatic heterocycles. The monoisotopic (exact) mass is 295 g/mol. The van der Waals surface area contributed by atoms with Gasteiger partial charge in [0.15, 0.2) is 0 Å². The third kappa shape index (κ3) is 6.19. The largest absolute Gasteiger partial charge is 0.494 e. The highest BCUT2D eigenvalue weighted by Gasteiger charge is 2.14. The van der Waals surface area contributed by atoms with Crippen LogP contribution in [0.2, 0.25) is 0 Å². The molecule has 0 aromatic heterocycles. The molecule has 1 unspecified atom stereocenters. The SMILES string of the molecule is CCCCCSCC(NCC)c1ccccc1OCC. The zero-order chi connectivity index (χ0) is 14.6. The minimum absolute atomic E-state index is 0.384. The molecule has 2 nitrogen and oxygen atoms in total. The first-order valence-corrected chi connectivity index (χ1v) is 9.01. The third-order valence-corrected chi connectivity index (χ3v) is 4.37. The molecule has 114 valence electrons. The van der Waals surface area contributed by atoms with Gasteiger partial charge in [0.25, 0.3) is 0 Å². The second kappa shape index (κ2) is 11.0. The van der Waals surface area contributed by atoms with E-state index in [0.717, 1.165) is 24.7 Å². The predicted molar refractivity (Wildman–Crippen MR) is 90.9 cm³/mol. The Morgan fingerprint density at radius 2 is 1.95 bits per heavy atom. The quantitative estimate of drug-likeness (QED) is 0.600. The Morgan fingerprint density at radius 3 is 2.65 bits per heavy atom. The number of hydrogen-bond donors (Lipinski definition) is 1. The number of thioether (sulfide) groups is 1. The molecule has 0 aliphatic carbocycles. The van der Waals surface area contributed by atoms with Crippen LogP contribution in [-0.4, -0.2) is 24.7 Å². The van der Waals surface area contributed by atoms with Gasteiger partial charge in [-0.25, -0.2) is 0 Å². The molecule has 0 bridgehead atoms. The van der Waals surface area contributed by atoms with Gasteiger partial charge in [-0.3, -0.25) is 0 Å². The molecule has 0 fully saturated rings. The molecule has 0 saturated heterocycles. The maximum atomic E-state index is 5.76. The van der Waals surface area contributed by atoms with E-state index in [1.807, 2.05) is 24.8 Å². The Bertz CT molecular complexity index is 357. The fourth-order valence-corrected chi connectivity index (χ4v) is 3.32. The Kier molecular flexibility index (Phi) is 9.60. The molecular weight excluding hydrogens is 266 g/mol. The molecule has 1 aromatic rings. The van der Waals surface area contributed by atoms with Crippen LogP contribution in [0.1, 0.15) is 51.6 Å². The number of hydrogen-bond acceptors (Lipinski definition) is 3. The van der Waals surface area contributed by atoms with Crippen LogP contribution < -0.4 is 10.1 Å². The molecular formula is C17H29NOS. The summed E-state index contributed by atoms with van der Waals surface area (Å²) in [5, 5.41) is 3.59. The predicted octanol–water partition coefficient (Wildman–Crippen LogP) is 4.66. The smallest absolute Gasteiger partial charge is 0.124 e. The number of nitrogens with one attached hydrogen (secondary N) is 1. The topological polar surface area (TPSA) is 21.3 Å². The van der Waals surface area contributed by atoms with E-state index in [1.165, 1.54) is 30.6 Å². The molecule has 1 rings (SSSR count). The summed E-state index contributed by atoms with van der Waals surface area (Å²) >= 11 is 2.04. The zero-order valence-electron chi connectivity index (χ0n) is 13.2. The first-order chi connectivity index (χ1) is 9.83. The lowest BCUT2D eigenvalue weighted by Gasteiger charge is -2.21. The highest BCUT2D eigenvalue weighted by atomic mass is 32.2. The first-order valence-electron chi connectivity index (χ1n) is 7.86. The van der Waals surface area contributed by atoms with Gasteiger partial charge in [-0.15, -0.1) is 0 Å². The van der Waals surface area contributed by atoms with Gasteiger partial charge in [-0.05, 0) is 31.7 Å². The minimum Gasteiger partial charge on any atom is -0.494 e. The van der Waals surface area contributed by atoms with Crippen molar-refractivity contribution in [2.45, 2.75) is 46.1 Å². The van der Waals surface area contributed by atoms with E-state index in [4.69, 9.17) is 4.74 Å². The number of benzene rings is 1. The molecule has 0 aliphatic rings. The van der Waals surface area contributed by atoms with E-state index in [0.29, 0.717) is 6.04 Å². The van der Waals surface area contributed by atoms with E-state index >= 15 is 0 Å². The molecule has 0 saturated carbocycles. The van der Waals surface area contributed by atoms with E-state index in [2.05, 4.69) is 37.4 Å². The summed E-state index contributed by atoms with van der Waals surface area (Å²) in [6.45, 7) is 8.17. The van der Waals surface area contributed by atoms with Gasteiger partial charge < -0.3 is 10.1 Å². The van der Waals surface area contributed by atoms with Crippen molar-refractivity contribution in [3.05, 3.63) is 29.8 Å². The first kappa shape index (κ1) is 17.4. The Balaban J connectivity index is 2.60. The molecule has 0 spiro atoms. The zero-order valence-corrected chi connectivity index (χ0v) is 14.0. The van der Waals surface area contributed by atoms with Crippen LogP contribution in [0.15, 0.2) is 24.3 Å². The maximum Gasteiger partial charge on any atom is 0.124 e. The van der Waals surface area contributed by atoms with Crippen LogP contribution in [0.3, 0.4) is 0 Å². The van der Waals surface area contributed by atoms with Crippen LogP contribution in [0.5, 0.6) is 5.75 Å². The summed E-state index contributed by atoms with van der Waals surface area (Å²) < 4.78 is 5.76. The summed E-state index contributed by atoms with van der Waals surface area (Å²) in [5.41, 5.74) is 1.29. The van der Waals surface area contributed by atoms with Crippen LogP contribution in [0.4, 0.5) is 0 Å². The van der Waals surface area contributed by atoms with Gasteiger partial charge in [0.2, 0.25) is 0 Å². The normalized spacial score (nSPS) is 12.3. The third-order valence-electron chi connectivity index (χ3n) is 3.22. The summed E-state index contributed by atoms with van der Waals surface area (Å²) in [4.78, 5) is 0. The van der Waals surface area contributed by atoms with Crippen LogP contribution in [0.25, 0.3) is 0 Å². The van der Waals surface area contributed by atoms with Gasteiger partial charge in [0.05, 0.1) is 6.61 Å². The number of para-hydroxylation sites is 1. The second-order valence-corrected chi connectivity index (χ2v) is 6.01. The van der Waals surface area contributed by atoms with E-state index in [-0.39, 0.29) is 0 Å². The minimum atomic E-state index is 0.384. The van der Waals surface area contributed by atoms with Crippen molar-refractivity contribution in [3.8, 4) is 5.75 Å². The van der Waals surface area contributed by atoms with Gasteiger partial charge in [-0.2, -0.15) is 11.8 Å².